The fourth-order valence-corrected chi connectivity index (χ4v) is 3.22. The molecule has 1 aliphatic heterocycles. The summed E-state index contributed by atoms with van der Waals surface area (Å²) in [4.78, 5) is 38.0. The Morgan fingerprint density at radius 1 is 1.30 bits per heavy atom. The number of amides is 4. The highest BCUT2D eigenvalue weighted by Crippen LogP contribution is 2.35. The van der Waals surface area contributed by atoms with E-state index in [1.807, 2.05) is 19.1 Å². The monoisotopic (exact) mass is 429 g/mol. The smallest absolute Gasteiger partial charge is 0.329 e. The van der Waals surface area contributed by atoms with Crippen LogP contribution < -0.4 is 15.4 Å². The van der Waals surface area contributed by atoms with E-state index in [0.29, 0.717) is 11.3 Å². The molecule has 1 heterocycles. The summed E-state index contributed by atoms with van der Waals surface area (Å²) < 4.78 is 5.03. The zero-order chi connectivity index (χ0) is 21.8. The molecule has 0 aromatic heterocycles. The van der Waals surface area contributed by atoms with Gasteiger partial charge in [0, 0.05) is 5.69 Å². The molecule has 0 atom stereocenters. The van der Waals surface area contributed by atoms with Crippen LogP contribution in [0.5, 0.6) is 11.5 Å². The van der Waals surface area contributed by atoms with Gasteiger partial charge < -0.3 is 20.5 Å². The number of aryl methyl sites for hydroxylation is 1. The Labute approximate surface area is 178 Å². The molecule has 0 bridgehead atoms. The molecule has 1 fully saturated rings. The van der Waals surface area contributed by atoms with E-state index in [-0.39, 0.29) is 22.2 Å². The number of rotatable bonds is 6. The molecule has 3 N–H and O–H groups in total. The van der Waals surface area contributed by atoms with Crippen LogP contribution in [0, 0.1) is 0 Å². The summed E-state index contributed by atoms with van der Waals surface area (Å²) in [5, 5.41) is 15.0. The van der Waals surface area contributed by atoms with Gasteiger partial charge in [0.15, 0.2) is 11.5 Å². The largest absolute Gasteiger partial charge is 0.503 e. The number of carbonyl (C=O) groups excluding carboxylic acids is 3. The number of benzene rings is 2. The van der Waals surface area contributed by atoms with Crippen molar-refractivity contribution in [1.82, 2.24) is 10.2 Å². The number of anilines is 1. The van der Waals surface area contributed by atoms with Crippen LogP contribution in [-0.2, 0) is 16.0 Å². The van der Waals surface area contributed by atoms with Crippen molar-refractivity contribution in [2.75, 3.05) is 19.0 Å². The van der Waals surface area contributed by atoms with Gasteiger partial charge in [-0.25, -0.2) is 9.69 Å². The van der Waals surface area contributed by atoms with Gasteiger partial charge in [0.2, 0.25) is 5.91 Å². The first-order valence-corrected chi connectivity index (χ1v) is 9.50. The predicted octanol–water partition coefficient (Wildman–Crippen LogP) is 3.15. The fourth-order valence-electron chi connectivity index (χ4n) is 3.00. The average molecular weight is 430 g/mol. The maximum Gasteiger partial charge on any atom is 0.329 e. The molecule has 4 amide bonds. The van der Waals surface area contributed by atoms with E-state index in [4.69, 9.17) is 16.3 Å². The van der Waals surface area contributed by atoms with Crippen molar-refractivity contribution in [3.05, 3.63) is 58.2 Å². The Morgan fingerprint density at radius 3 is 2.73 bits per heavy atom. The SMILES string of the molecule is CCc1ccccc1NC(=O)CN1C(=O)N/C(=C/c2cc(Cl)c(O)c(OC)c2)C1=O. The second-order valence-electron chi connectivity index (χ2n) is 6.49. The molecule has 0 saturated carbocycles. The van der Waals surface area contributed by atoms with Crippen LogP contribution >= 0.6 is 11.6 Å². The topological polar surface area (TPSA) is 108 Å². The van der Waals surface area contributed by atoms with Gasteiger partial charge in [-0.3, -0.25) is 9.59 Å². The Morgan fingerprint density at radius 2 is 2.03 bits per heavy atom. The summed E-state index contributed by atoms with van der Waals surface area (Å²) >= 11 is 5.95. The average Bonchev–Trinajstić information content (AvgIpc) is 2.98. The number of carbonyl (C=O) groups is 3. The van der Waals surface area contributed by atoms with Crippen molar-refractivity contribution in [1.29, 1.82) is 0 Å². The number of urea groups is 1. The van der Waals surface area contributed by atoms with Crippen molar-refractivity contribution in [2.45, 2.75) is 13.3 Å². The molecule has 2 aromatic rings. The van der Waals surface area contributed by atoms with Crippen LogP contribution in [-0.4, -0.2) is 41.5 Å². The quantitative estimate of drug-likeness (QED) is 0.483. The summed E-state index contributed by atoms with van der Waals surface area (Å²) in [6.45, 7) is 1.53. The number of phenolic OH excluding ortho intramolecular Hbond substituents is 1. The van der Waals surface area contributed by atoms with Crippen LogP contribution in [0.15, 0.2) is 42.1 Å². The van der Waals surface area contributed by atoms with Gasteiger partial charge in [-0.1, -0.05) is 36.7 Å². The molecule has 9 heteroatoms. The summed E-state index contributed by atoms with van der Waals surface area (Å²) in [5.74, 6) is -1.25. The number of hydrogen-bond acceptors (Lipinski definition) is 5. The molecule has 156 valence electrons. The molecule has 8 nitrogen and oxygen atoms in total. The second-order valence-corrected chi connectivity index (χ2v) is 6.90. The third-order valence-electron chi connectivity index (χ3n) is 4.52. The standard InChI is InChI=1S/C21H20ClN3O5/c1-3-13-6-4-5-7-15(13)23-18(26)11-25-20(28)16(24-21(25)29)9-12-8-14(22)19(27)17(10-12)30-2/h4-10,27H,3,11H2,1-2H3,(H,23,26)(H,24,29)/b16-9+. The maximum absolute atomic E-state index is 12.6. The van der Waals surface area contributed by atoms with E-state index >= 15 is 0 Å². The Kier molecular flexibility index (Phi) is 6.27. The van der Waals surface area contributed by atoms with Crippen LogP contribution in [0.3, 0.4) is 0 Å². The molecule has 30 heavy (non-hydrogen) atoms. The molecule has 0 radical (unpaired) electrons. The molecule has 0 unspecified atom stereocenters. The van der Waals surface area contributed by atoms with Crippen LogP contribution in [0.1, 0.15) is 18.1 Å². The molecule has 1 aliphatic rings. The molecule has 0 spiro atoms. The Hall–Kier alpha value is -3.52. The number of halogens is 1. The number of imide groups is 1. The number of ether oxygens (including phenoxy) is 1. The minimum atomic E-state index is -0.706. The number of nitrogens with one attached hydrogen (secondary N) is 2. The normalized spacial score (nSPS) is 14.8. The van der Waals surface area contributed by atoms with Gasteiger partial charge in [0.1, 0.15) is 12.2 Å². The third kappa shape index (κ3) is 4.38. The molecule has 2 aromatic carbocycles. The van der Waals surface area contributed by atoms with E-state index < -0.39 is 24.4 Å². The van der Waals surface area contributed by atoms with Crippen molar-refractivity contribution in [3.63, 3.8) is 0 Å². The number of nitrogens with zero attached hydrogens (tertiary/aromatic N) is 1. The highest BCUT2D eigenvalue weighted by molar-refractivity contribution is 6.32. The number of aromatic hydroxyl groups is 1. The van der Waals surface area contributed by atoms with Crippen molar-refractivity contribution >= 4 is 41.2 Å². The first-order chi connectivity index (χ1) is 14.3. The summed E-state index contributed by atoms with van der Waals surface area (Å²) in [6.07, 6.45) is 2.11. The van der Waals surface area contributed by atoms with E-state index in [1.165, 1.54) is 25.3 Å². The summed E-state index contributed by atoms with van der Waals surface area (Å²) in [7, 11) is 1.36. The van der Waals surface area contributed by atoms with E-state index in [2.05, 4.69) is 10.6 Å². The number of phenols is 1. The zero-order valence-corrected chi connectivity index (χ0v) is 17.1. The number of methoxy groups -OCH3 is 1. The lowest BCUT2D eigenvalue weighted by Crippen LogP contribution is -2.38. The Bertz CT molecular complexity index is 1050. The summed E-state index contributed by atoms with van der Waals surface area (Å²) in [5.41, 5.74) is 1.99. The van der Waals surface area contributed by atoms with Gasteiger partial charge >= 0.3 is 6.03 Å². The summed E-state index contributed by atoms with van der Waals surface area (Å²) in [6, 6.07) is 9.49. The van der Waals surface area contributed by atoms with Crippen LogP contribution in [0.2, 0.25) is 5.02 Å². The van der Waals surface area contributed by atoms with Crippen molar-refractivity contribution in [2.24, 2.45) is 0 Å². The lowest BCUT2D eigenvalue weighted by molar-refractivity contribution is -0.127. The number of hydrogen-bond donors (Lipinski definition) is 3. The fraction of sp³-hybridized carbons (Fsp3) is 0.190. The number of para-hydroxylation sites is 1. The zero-order valence-electron chi connectivity index (χ0n) is 16.4. The van der Waals surface area contributed by atoms with Gasteiger partial charge in [0.05, 0.1) is 12.1 Å². The van der Waals surface area contributed by atoms with Crippen molar-refractivity contribution < 1.29 is 24.2 Å². The highest BCUT2D eigenvalue weighted by atomic mass is 35.5. The minimum absolute atomic E-state index is 0.0226. The molecular formula is C21H20ClN3O5. The minimum Gasteiger partial charge on any atom is -0.503 e. The van der Waals surface area contributed by atoms with Gasteiger partial charge in [-0.2, -0.15) is 0 Å². The lowest BCUT2D eigenvalue weighted by atomic mass is 10.1. The van der Waals surface area contributed by atoms with E-state index in [9.17, 15) is 19.5 Å². The van der Waals surface area contributed by atoms with Crippen LogP contribution in [0.25, 0.3) is 6.08 Å². The highest BCUT2D eigenvalue weighted by Gasteiger charge is 2.35. The first-order valence-electron chi connectivity index (χ1n) is 9.12. The van der Waals surface area contributed by atoms with Crippen molar-refractivity contribution in [3.8, 4) is 11.5 Å². The van der Waals surface area contributed by atoms with Gasteiger partial charge in [0.25, 0.3) is 5.91 Å². The van der Waals surface area contributed by atoms with E-state index in [0.717, 1.165) is 16.9 Å². The third-order valence-corrected chi connectivity index (χ3v) is 4.81. The first kappa shape index (κ1) is 21.2. The molecule has 1 saturated heterocycles. The molecular weight excluding hydrogens is 410 g/mol. The maximum atomic E-state index is 12.6. The van der Waals surface area contributed by atoms with Crippen LogP contribution in [0.4, 0.5) is 10.5 Å². The second kappa shape index (κ2) is 8.87. The lowest BCUT2D eigenvalue weighted by Gasteiger charge is -2.13. The Balaban J connectivity index is 1.75. The van der Waals surface area contributed by atoms with Gasteiger partial charge in [-0.15, -0.1) is 0 Å². The van der Waals surface area contributed by atoms with E-state index in [1.54, 1.807) is 12.1 Å². The molecule has 3 rings (SSSR count). The predicted molar refractivity (Wildman–Crippen MR) is 112 cm³/mol. The van der Waals surface area contributed by atoms with Gasteiger partial charge in [-0.05, 0) is 41.8 Å². The molecule has 0 aliphatic carbocycles.